The number of carbonyl (C=O) groups is 1. The van der Waals surface area contributed by atoms with Crippen LogP contribution in [0.4, 0.5) is 0 Å². The van der Waals surface area contributed by atoms with Crippen molar-refractivity contribution in [3.05, 3.63) is 11.8 Å². The number of ether oxygens (including phenoxy) is 1. The Morgan fingerprint density at radius 2 is 1.92 bits per heavy atom. The molecule has 4 nitrogen and oxygen atoms in total. The van der Waals surface area contributed by atoms with Gasteiger partial charge in [-0.05, 0) is 81.5 Å². The third-order valence-corrected chi connectivity index (χ3v) is 8.15. The van der Waals surface area contributed by atoms with E-state index in [4.69, 9.17) is 4.74 Å². The zero-order chi connectivity index (χ0) is 17.1. The van der Waals surface area contributed by atoms with Gasteiger partial charge in [-0.15, -0.1) is 0 Å². The lowest BCUT2D eigenvalue weighted by atomic mass is 9.45. The smallest absolute Gasteiger partial charge is 0.337 e. The molecule has 1 heterocycles. The standard InChI is InChI=1S/C20H30O4/c1-19-7-5-14(22)10-13(19)3-4-15-16(19)6-8-20(2)17(15)9-12(11-21)18(23)24-20/h11,13-17,21-22H,3-10H2,1-2H3/b12-11-/t13-,14-,15+,16-,17+,19+,20+/m0/s1. The molecule has 0 bridgehead atoms. The van der Waals surface area contributed by atoms with E-state index in [-0.39, 0.29) is 17.7 Å². The van der Waals surface area contributed by atoms with Crippen LogP contribution in [0.5, 0.6) is 0 Å². The summed E-state index contributed by atoms with van der Waals surface area (Å²) >= 11 is 0. The average Bonchev–Trinajstić information content (AvgIpc) is 2.54. The van der Waals surface area contributed by atoms with Crippen LogP contribution in [0.3, 0.4) is 0 Å². The monoisotopic (exact) mass is 334 g/mol. The van der Waals surface area contributed by atoms with Crippen LogP contribution in [0.2, 0.25) is 0 Å². The molecule has 0 unspecified atom stereocenters. The Morgan fingerprint density at radius 1 is 1.12 bits per heavy atom. The highest BCUT2D eigenvalue weighted by Gasteiger charge is 2.59. The van der Waals surface area contributed by atoms with Crippen LogP contribution in [0, 0.1) is 29.1 Å². The normalized spacial score (nSPS) is 52.9. The minimum Gasteiger partial charge on any atom is -0.515 e. The fraction of sp³-hybridized carbons (Fsp3) is 0.850. The largest absolute Gasteiger partial charge is 0.515 e. The maximum atomic E-state index is 12.1. The van der Waals surface area contributed by atoms with Crippen LogP contribution in [0.25, 0.3) is 0 Å². The van der Waals surface area contributed by atoms with Crippen LogP contribution in [-0.2, 0) is 9.53 Å². The molecule has 3 aliphatic carbocycles. The summed E-state index contributed by atoms with van der Waals surface area (Å²) < 4.78 is 5.81. The lowest BCUT2D eigenvalue weighted by Gasteiger charge is -2.61. The molecule has 0 radical (unpaired) electrons. The molecule has 4 heteroatoms. The van der Waals surface area contributed by atoms with Gasteiger partial charge in [-0.2, -0.15) is 0 Å². The van der Waals surface area contributed by atoms with Crippen molar-refractivity contribution in [2.75, 3.05) is 0 Å². The Balaban J connectivity index is 1.64. The van der Waals surface area contributed by atoms with Crippen molar-refractivity contribution < 1.29 is 19.7 Å². The number of aliphatic hydroxyl groups is 2. The molecule has 0 spiro atoms. The van der Waals surface area contributed by atoms with E-state index in [0.717, 1.165) is 44.8 Å². The van der Waals surface area contributed by atoms with Crippen molar-refractivity contribution >= 4 is 5.97 Å². The Hall–Kier alpha value is -1.03. The molecule has 0 aromatic rings. The van der Waals surface area contributed by atoms with Gasteiger partial charge in [0, 0.05) is 5.92 Å². The number of hydrogen-bond donors (Lipinski definition) is 2. The minimum absolute atomic E-state index is 0.118. The van der Waals surface area contributed by atoms with E-state index in [1.807, 2.05) is 0 Å². The molecule has 4 rings (SSSR count). The van der Waals surface area contributed by atoms with Crippen molar-refractivity contribution in [2.45, 2.75) is 76.9 Å². The molecular weight excluding hydrogens is 304 g/mol. The number of fused-ring (bicyclic) bond motifs is 5. The second-order valence-electron chi connectivity index (χ2n) is 9.18. The number of esters is 1. The maximum absolute atomic E-state index is 12.1. The van der Waals surface area contributed by atoms with Crippen LogP contribution in [0.15, 0.2) is 11.8 Å². The molecule has 1 saturated heterocycles. The fourth-order valence-electron chi connectivity index (χ4n) is 6.72. The van der Waals surface area contributed by atoms with Crippen LogP contribution in [-0.4, -0.2) is 27.9 Å². The van der Waals surface area contributed by atoms with E-state index < -0.39 is 0 Å². The van der Waals surface area contributed by atoms with Crippen LogP contribution >= 0.6 is 0 Å². The van der Waals surface area contributed by atoms with Gasteiger partial charge in [-0.1, -0.05) is 6.92 Å². The highest BCUT2D eigenvalue weighted by atomic mass is 16.6. The van der Waals surface area contributed by atoms with Gasteiger partial charge in [0.1, 0.15) is 5.60 Å². The fourth-order valence-corrected chi connectivity index (χ4v) is 6.72. The van der Waals surface area contributed by atoms with Crippen molar-refractivity contribution in [1.29, 1.82) is 0 Å². The highest BCUT2D eigenvalue weighted by Crippen LogP contribution is 2.63. The summed E-state index contributed by atoms with van der Waals surface area (Å²) in [5, 5.41) is 19.5. The van der Waals surface area contributed by atoms with Crippen LogP contribution < -0.4 is 0 Å². The maximum Gasteiger partial charge on any atom is 0.337 e. The minimum atomic E-state index is -0.373. The zero-order valence-corrected chi connectivity index (χ0v) is 14.8. The van der Waals surface area contributed by atoms with Crippen molar-refractivity contribution in [3.8, 4) is 0 Å². The second-order valence-corrected chi connectivity index (χ2v) is 9.18. The predicted molar refractivity (Wildman–Crippen MR) is 90.2 cm³/mol. The summed E-state index contributed by atoms with van der Waals surface area (Å²) in [6.07, 6.45) is 8.86. The SMILES string of the molecule is C[C@@]12CC[C@H](O)C[C@@H]1CC[C@H]1[C@H]3C/C(=C/O)C(=O)O[C@]3(C)CC[C@@H]12. The summed E-state index contributed by atoms with van der Waals surface area (Å²) in [4.78, 5) is 12.1. The number of carbonyl (C=O) groups excluding carboxylic acids is 1. The summed E-state index contributed by atoms with van der Waals surface area (Å²) in [5.41, 5.74) is 0.375. The Labute approximate surface area is 144 Å². The van der Waals surface area contributed by atoms with Gasteiger partial charge in [-0.25, -0.2) is 4.79 Å². The molecular formula is C20H30O4. The molecule has 7 atom stereocenters. The number of rotatable bonds is 0. The molecule has 134 valence electrons. The molecule has 1 aliphatic heterocycles. The Kier molecular flexibility index (Phi) is 3.76. The van der Waals surface area contributed by atoms with Gasteiger partial charge >= 0.3 is 5.97 Å². The first-order valence-corrected chi connectivity index (χ1v) is 9.62. The topological polar surface area (TPSA) is 66.8 Å². The predicted octanol–water partition coefficient (Wildman–Crippen LogP) is 3.74. The van der Waals surface area contributed by atoms with Gasteiger partial charge in [0.25, 0.3) is 0 Å². The molecule has 0 aromatic carbocycles. The summed E-state index contributed by atoms with van der Waals surface area (Å²) in [7, 11) is 0. The molecule has 0 amide bonds. The summed E-state index contributed by atoms with van der Waals surface area (Å²) in [6.45, 7) is 4.54. The molecule has 24 heavy (non-hydrogen) atoms. The molecule has 4 aliphatic rings. The third-order valence-electron chi connectivity index (χ3n) is 8.15. The third kappa shape index (κ3) is 2.25. The van der Waals surface area contributed by atoms with Gasteiger partial charge in [0.15, 0.2) is 0 Å². The van der Waals surface area contributed by atoms with E-state index in [1.54, 1.807) is 0 Å². The van der Waals surface area contributed by atoms with Crippen molar-refractivity contribution in [3.63, 3.8) is 0 Å². The second kappa shape index (κ2) is 5.48. The number of aliphatic hydroxyl groups excluding tert-OH is 2. The summed E-state index contributed by atoms with van der Waals surface area (Å²) in [6, 6.07) is 0. The lowest BCUT2D eigenvalue weighted by molar-refractivity contribution is -0.196. The molecule has 4 fully saturated rings. The van der Waals surface area contributed by atoms with Gasteiger partial charge < -0.3 is 14.9 Å². The van der Waals surface area contributed by atoms with E-state index in [9.17, 15) is 15.0 Å². The van der Waals surface area contributed by atoms with Crippen LogP contribution in [0.1, 0.15) is 65.2 Å². The quantitative estimate of drug-likeness (QED) is 0.402. The Morgan fingerprint density at radius 3 is 2.67 bits per heavy atom. The lowest BCUT2D eigenvalue weighted by Crippen LogP contribution is -2.58. The number of hydrogen-bond acceptors (Lipinski definition) is 4. The van der Waals surface area contributed by atoms with E-state index >= 15 is 0 Å². The Bertz CT molecular complexity index is 570. The van der Waals surface area contributed by atoms with Crippen molar-refractivity contribution in [2.24, 2.45) is 29.1 Å². The summed E-state index contributed by atoms with van der Waals surface area (Å²) in [5.74, 6) is 1.82. The van der Waals surface area contributed by atoms with E-state index in [1.165, 1.54) is 6.42 Å². The van der Waals surface area contributed by atoms with Gasteiger partial charge in [0.05, 0.1) is 17.9 Å². The highest BCUT2D eigenvalue weighted by molar-refractivity contribution is 5.89. The first-order chi connectivity index (χ1) is 11.4. The molecule has 3 saturated carbocycles. The van der Waals surface area contributed by atoms with E-state index in [2.05, 4.69) is 13.8 Å². The van der Waals surface area contributed by atoms with E-state index in [0.29, 0.717) is 41.1 Å². The first-order valence-electron chi connectivity index (χ1n) is 9.62. The van der Waals surface area contributed by atoms with Crippen molar-refractivity contribution in [1.82, 2.24) is 0 Å². The van der Waals surface area contributed by atoms with Gasteiger partial charge in [0.2, 0.25) is 0 Å². The average molecular weight is 334 g/mol. The first kappa shape index (κ1) is 16.4. The molecule has 2 N–H and O–H groups in total. The van der Waals surface area contributed by atoms with Gasteiger partial charge in [-0.3, -0.25) is 0 Å². The zero-order valence-electron chi connectivity index (χ0n) is 14.8. The molecule has 0 aromatic heterocycles.